The van der Waals surface area contributed by atoms with E-state index in [1.807, 2.05) is 68.4 Å². The number of nitrogens with one attached hydrogen (secondary N) is 4. The van der Waals surface area contributed by atoms with E-state index in [0.29, 0.717) is 30.5 Å². The van der Waals surface area contributed by atoms with Crippen molar-refractivity contribution < 1.29 is 23.9 Å². The largest absolute Gasteiger partial charge is 0.445 e. The molecule has 3 atom stereocenters. The normalized spacial score (nSPS) is 17.1. The summed E-state index contributed by atoms with van der Waals surface area (Å²) in [5.74, 6) is -1.69. The predicted octanol–water partition coefficient (Wildman–Crippen LogP) is 4.59. The molecule has 3 aromatic carbocycles. The van der Waals surface area contributed by atoms with E-state index >= 15 is 0 Å². The van der Waals surface area contributed by atoms with Crippen molar-refractivity contribution in [3.63, 3.8) is 0 Å². The molecule has 1 aromatic heterocycles. The van der Waals surface area contributed by atoms with E-state index in [-0.39, 0.29) is 18.9 Å². The average molecular weight is 596 g/mol. The Hall–Kier alpha value is -5.12. The SMILES string of the molecule is CC[C@H](C)[C@H](NC(=O)OCc1ccccc1)C(=O)N[C@]1(C(=O)Nc2ccc(C(N)=O)cc2)CCc2[nH]c3ccccc3c2C1. The smallest absolute Gasteiger partial charge is 0.408 e. The number of primary amides is 1. The van der Waals surface area contributed by atoms with Gasteiger partial charge in [0.25, 0.3) is 0 Å². The molecule has 1 aliphatic carbocycles. The summed E-state index contributed by atoms with van der Waals surface area (Å²) in [5.41, 5.74) is 8.59. The quantitative estimate of drug-likeness (QED) is 0.181. The van der Waals surface area contributed by atoms with E-state index in [1.54, 1.807) is 12.1 Å². The topological polar surface area (TPSA) is 155 Å². The van der Waals surface area contributed by atoms with Crippen molar-refractivity contribution in [3.8, 4) is 0 Å². The van der Waals surface area contributed by atoms with E-state index in [0.717, 1.165) is 27.7 Å². The zero-order valence-corrected chi connectivity index (χ0v) is 24.8. The van der Waals surface area contributed by atoms with Crippen molar-refractivity contribution in [2.75, 3.05) is 5.32 Å². The number of fused-ring (bicyclic) bond motifs is 3. The van der Waals surface area contributed by atoms with Crippen LogP contribution in [0.25, 0.3) is 10.9 Å². The number of H-pyrrole nitrogens is 1. The summed E-state index contributed by atoms with van der Waals surface area (Å²) in [4.78, 5) is 55.9. The number of anilines is 1. The number of rotatable bonds is 10. The van der Waals surface area contributed by atoms with Crippen LogP contribution in [0.15, 0.2) is 78.9 Å². The van der Waals surface area contributed by atoms with E-state index < -0.39 is 35.4 Å². The summed E-state index contributed by atoms with van der Waals surface area (Å²) in [6.45, 7) is 3.86. The summed E-state index contributed by atoms with van der Waals surface area (Å²) in [6, 6.07) is 22.5. The number of ether oxygens (including phenoxy) is 1. The van der Waals surface area contributed by atoms with Crippen LogP contribution in [0, 0.1) is 5.92 Å². The molecule has 5 rings (SSSR count). The Morgan fingerprint density at radius 3 is 2.39 bits per heavy atom. The molecule has 0 fully saturated rings. The van der Waals surface area contributed by atoms with Gasteiger partial charge in [-0.2, -0.15) is 0 Å². The van der Waals surface area contributed by atoms with Crippen LogP contribution in [-0.4, -0.2) is 40.4 Å². The van der Waals surface area contributed by atoms with Crippen molar-refractivity contribution in [3.05, 3.63) is 101 Å². The minimum Gasteiger partial charge on any atom is -0.445 e. The highest BCUT2D eigenvalue weighted by molar-refractivity contribution is 6.03. The van der Waals surface area contributed by atoms with Gasteiger partial charge in [0.2, 0.25) is 17.7 Å². The Morgan fingerprint density at radius 2 is 1.68 bits per heavy atom. The van der Waals surface area contributed by atoms with Gasteiger partial charge in [-0.25, -0.2) is 4.79 Å². The number of aromatic nitrogens is 1. The highest BCUT2D eigenvalue weighted by Gasteiger charge is 2.45. The Morgan fingerprint density at radius 1 is 0.977 bits per heavy atom. The van der Waals surface area contributed by atoms with Crippen LogP contribution in [0.5, 0.6) is 0 Å². The molecule has 0 saturated carbocycles. The van der Waals surface area contributed by atoms with E-state index in [4.69, 9.17) is 10.5 Å². The number of hydrogen-bond acceptors (Lipinski definition) is 5. The summed E-state index contributed by atoms with van der Waals surface area (Å²) < 4.78 is 5.41. The minimum atomic E-state index is -1.32. The maximum Gasteiger partial charge on any atom is 0.408 e. The summed E-state index contributed by atoms with van der Waals surface area (Å²) in [6.07, 6.45) is 0.989. The van der Waals surface area contributed by atoms with Crippen LogP contribution in [0.3, 0.4) is 0 Å². The Bertz CT molecular complexity index is 1670. The van der Waals surface area contributed by atoms with Gasteiger partial charge < -0.3 is 31.4 Å². The van der Waals surface area contributed by atoms with Crippen molar-refractivity contribution in [2.45, 2.75) is 57.7 Å². The molecular weight excluding hydrogens is 558 g/mol. The number of carbonyl (C=O) groups excluding carboxylic acids is 4. The lowest BCUT2D eigenvalue weighted by molar-refractivity contribution is -0.132. The third-order valence-electron chi connectivity index (χ3n) is 8.39. The van der Waals surface area contributed by atoms with Gasteiger partial charge in [0.1, 0.15) is 18.2 Å². The van der Waals surface area contributed by atoms with E-state index in [1.165, 1.54) is 12.1 Å². The number of aryl methyl sites for hydroxylation is 1. The Kier molecular flexibility index (Phi) is 8.99. The van der Waals surface area contributed by atoms with Crippen LogP contribution < -0.4 is 21.7 Å². The number of aromatic amines is 1. The first-order valence-corrected chi connectivity index (χ1v) is 14.8. The predicted molar refractivity (Wildman–Crippen MR) is 168 cm³/mol. The number of benzene rings is 3. The first-order chi connectivity index (χ1) is 21.2. The number of alkyl carbamates (subject to hydrolysis) is 1. The summed E-state index contributed by atoms with van der Waals surface area (Å²) in [7, 11) is 0. The maximum atomic E-state index is 14.1. The van der Waals surface area contributed by atoms with Crippen LogP contribution in [0.2, 0.25) is 0 Å². The Balaban J connectivity index is 1.41. The van der Waals surface area contributed by atoms with Gasteiger partial charge in [-0.15, -0.1) is 0 Å². The molecule has 4 amide bonds. The standard InChI is InChI=1S/C34H37N5O5/c1-3-21(2)29(38-33(43)44-20-22-9-5-4-6-10-22)31(41)39-34(32(42)36-24-15-13-23(14-16-24)30(35)40)18-17-28-26(19-34)25-11-7-8-12-27(25)37-28/h4-16,21,29,37H,3,17-20H2,1-2H3,(H2,35,40)(H,36,42)(H,38,43)(H,39,41)/t21-,29-,34+/m0/s1. The molecular formula is C34H37N5O5. The summed E-state index contributed by atoms with van der Waals surface area (Å²) in [5, 5.41) is 9.72. The zero-order chi connectivity index (χ0) is 31.3. The number of nitrogens with two attached hydrogens (primary N) is 1. The second kappa shape index (κ2) is 13.0. The molecule has 0 spiro atoms. The maximum absolute atomic E-state index is 14.1. The first kappa shape index (κ1) is 30.3. The fourth-order valence-corrected chi connectivity index (χ4v) is 5.63. The van der Waals surface area contributed by atoms with Crippen molar-refractivity contribution >= 4 is 40.4 Å². The lowest BCUT2D eigenvalue weighted by atomic mass is 9.78. The number of amides is 4. The third kappa shape index (κ3) is 6.59. The summed E-state index contributed by atoms with van der Waals surface area (Å²) >= 11 is 0. The van der Waals surface area contributed by atoms with Gasteiger partial charge in [-0.05, 0) is 60.2 Å². The second-order valence-electron chi connectivity index (χ2n) is 11.3. The van der Waals surface area contributed by atoms with Crippen LogP contribution in [-0.2, 0) is 33.8 Å². The van der Waals surface area contributed by atoms with Crippen molar-refractivity contribution in [2.24, 2.45) is 11.7 Å². The van der Waals surface area contributed by atoms with Gasteiger partial charge in [-0.1, -0.05) is 68.8 Å². The molecule has 6 N–H and O–H groups in total. The highest BCUT2D eigenvalue weighted by Crippen LogP contribution is 2.35. The molecule has 0 radical (unpaired) electrons. The van der Waals surface area contributed by atoms with Gasteiger partial charge in [0, 0.05) is 34.3 Å². The fraction of sp³-hybridized carbons (Fsp3) is 0.294. The average Bonchev–Trinajstić information content (AvgIpc) is 3.40. The molecule has 4 aromatic rings. The lowest BCUT2D eigenvalue weighted by Gasteiger charge is -2.38. The molecule has 0 unspecified atom stereocenters. The molecule has 44 heavy (non-hydrogen) atoms. The van der Waals surface area contributed by atoms with Crippen molar-refractivity contribution in [1.82, 2.24) is 15.6 Å². The van der Waals surface area contributed by atoms with Gasteiger partial charge in [0.15, 0.2) is 0 Å². The molecule has 1 heterocycles. The van der Waals surface area contributed by atoms with Gasteiger partial charge in [0.05, 0.1) is 0 Å². The van der Waals surface area contributed by atoms with Gasteiger partial charge in [-0.3, -0.25) is 14.4 Å². The molecule has 0 saturated heterocycles. The van der Waals surface area contributed by atoms with Crippen molar-refractivity contribution in [1.29, 1.82) is 0 Å². The number of para-hydroxylation sites is 1. The lowest BCUT2D eigenvalue weighted by Crippen LogP contribution is -2.64. The number of carbonyl (C=O) groups is 4. The minimum absolute atomic E-state index is 0.0613. The molecule has 0 bridgehead atoms. The van der Waals surface area contributed by atoms with Crippen LogP contribution in [0.4, 0.5) is 10.5 Å². The highest BCUT2D eigenvalue weighted by atomic mass is 16.5. The van der Waals surface area contributed by atoms with Crippen LogP contribution >= 0.6 is 0 Å². The van der Waals surface area contributed by atoms with E-state index in [9.17, 15) is 19.2 Å². The monoisotopic (exact) mass is 595 g/mol. The molecule has 10 heteroatoms. The number of hydrogen-bond donors (Lipinski definition) is 5. The zero-order valence-electron chi connectivity index (χ0n) is 24.8. The molecule has 0 aliphatic heterocycles. The molecule has 10 nitrogen and oxygen atoms in total. The second-order valence-corrected chi connectivity index (χ2v) is 11.3. The van der Waals surface area contributed by atoms with Crippen LogP contribution in [0.1, 0.15) is 53.9 Å². The first-order valence-electron chi connectivity index (χ1n) is 14.8. The van der Waals surface area contributed by atoms with Gasteiger partial charge >= 0.3 is 6.09 Å². The Labute approximate surface area is 255 Å². The van der Waals surface area contributed by atoms with E-state index in [2.05, 4.69) is 20.9 Å². The molecule has 228 valence electrons. The molecule has 1 aliphatic rings. The third-order valence-corrected chi connectivity index (χ3v) is 8.39. The fourth-order valence-electron chi connectivity index (χ4n) is 5.63.